The molecule has 0 fully saturated rings. The summed E-state index contributed by atoms with van der Waals surface area (Å²) in [6.07, 6.45) is 0.845. The molecule has 1 amide bonds. The highest BCUT2D eigenvalue weighted by Gasteiger charge is 2.21. The summed E-state index contributed by atoms with van der Waals surface area (Å²) >= 11 is 4.69. The summed E-state index contributed by atoms with van der Waals surface area (Å²) in [5, 5.41) is 4.73. The summed E-state index contributed by atoms with van der Waals surface area (Å²) in [6, 6.07) is 6.37. The fourth-order valence-electron chi connectivity index (χ4n) is 1.78. The molecule has 0 saturated carbocycles. The molecule has 0 saturated heterocycles. The number of thiophene rings is 1. The number of fused-ring (bicyclic) bond motifs is 1. The Morgan fingerprint density at radius 3 is 2.84 bits per heavy atom. The maximum Gasteiger partial charge on any atom is 0.261 e. The highest BCUT2D eigenvalue weighted by Crippen LogP contribution is 2.26. The SMILES string of the molecule is CC(C)(CCBr)NC(=O)c1cc2ccc(F)cc2s1. The average Bonchev–Trinajstić information content (AvgIpc) is 2.71. The third kappa shape index (κ3) is 3.54. The van der Waals surface area contributed by atoms with E-state index in [1.54, 1.807) is 12.1 Å². The van der Waals surface area contributed by atoms with Crippen LogP contribution in [0.4, 0.5) is 4.39 Å². The molecule has 0 atom stereocenters. The number of amides is 1. The van der Waals surface area contributed by atoms with Gasteiger partial charge in [-0.25, -0.2) is 4.39 Å². The van der Waals surface area contributed by atoms with E-state index in [0.717, 1.165) is 21.8 Å². The van der Waals surface area contributed by atoms with E-state index in [-0.39, 0.29) is 17.3 Å². The number of rotatable bonds is 4. The molecule has 0 radical (unpaired) electrons. The molecule has 1 aromatic heterocycles. The normalized spacial score (nSPS) is 11.8. The van der Waals surface area contributed by atoms with Crippen LogP contribution >= 0.6 is 27.3 Å². The number of carbonyl (C=O) groups is 1. The van der Waals surface area contributed by atoms with Gasteiger partial charge in [0.15, 0.2) is 0 Å². The van der Waals surface area contributed by atoms with Gasteiger partial charge in [-0.1, -0.05) is 22.0 Å². The van der Waals surface area contributed by atoms with Gasteiger partial charge in [0.2, 0.25) is 0 Å². The van der Waals surface area contributed by atoms with Gasteiger partial charge in [0.05, 0.1) is 4.88 Å². The number of halogens is 2. The first-order valence-corrected chi connectivity index (χ1v) is 7.93. The second kappa shape index (κ2) is 5.59. The zero-order valence-electron chi connectivity index (χ0n) is 10.8. The van der Waals surface area contributed by atoms with E-state index in [4.69, 9.17) is 0 Å². The van der Waals surface area contributed by atoms with Crippen molar-refractivity contribution in [3.8, 4) is 0 Å². The van der Waals surface area contributed by atoms with Gasteiger partial charge in [-0.3, -0.25) is 4.79 Å². The Morgan fingerprint density at radius 2 is 2.16 bits per heavy atom. The molecular weight excluding hydrogens is 329 g/mol. The van der Waals surface area contributed by atoms with Gasteiger partial charge in [0.1, 0.15) is 5.82 Å². The van der Waals surface area contributed by atoms with E-state index in [0.29, 0.717) is 4.88 Å². The van der Waals surface area contributed by atoms with Crippen molar-refractivity contribution in [1.82, 2.24) is 5.32 Å². The Labute approximate surface area is 124 Å². The maximum absolute atomic E-state index is 13.1. The van der Waals surface area contributed by atoms with Crippen molar-refractivity contribution < 1.29 is 9.18 Å². The molecule has 0 aliphatic carbocycles. The van der Waals surface area contributed by atoms with E-state index in [1.165, 1.54) is 23.5 Å². The van der Waals surface area contributed by atoms with Crippen molar-refractivity contribution in [2.45, 2.75) is 25.8 Å². The molecule has 2 nitrogen and oxygen atoms in total. The number of alkyl halides is 1. The fraction of sp³-hybridized carbons (Fsp3) is 0.357. The summed E-state index contributed by atoms with van der Waals surface area (Å²) in [5.41, 5.74) is -0.262. The number of benzene rings is 1. The predicted octanol–water partition coefficient (Wildman–Crippen LogP) is 4.33. The van der Waals surface area contributed by atoms with E-state index < -0.39 is 0 Å². The number of hydrogen-bond donors (Lipinski definition) is 1. The van der Waals surface area contributed by atoms with Crippen LogP contribution in [0.1, 0.15) is 29.9 Å². The number of hydrogen-bond acceptors (Lipinski definition) is 2. The molecule has 0 aliphatic rings. The largest absolute Gasteiger partial charge is 0.346 e. The first-order valence-electron chi connectivity index (χ1n) is 5.99. The fourth-order valence-corrected chi connectivity index (χ4v) is 3.76. The molecule has 19 heavy (non-hydrogen) atoms. The van der Waals surface area contributed by atoms with E-state index in [1.807, 2.05) is 13.8 Å². The summed E-state index contributed by atoms with van der Waals surface area (Å²) in [4.78, 5) is 12.8. The Bertz CT molecular complexity index is 609. The van der Waals surface area contributed by atoms with Gasteiger partial charge < -0.3 is 5.32 Å². The van der Waals surface area contributed by atoms with E-state index >= 15 is 0 Å². The molecule has 0 bridgehead atoms. The van der Waals surface area contributed by atoms with Crippen molar-refractivity contribution in [2.24, 2.45) is 0 Å². The second-order valence-electron chi connectivity index (χ2n) is 5.07. The number of nitrogens with one attached hydrogen (secondary N) is 1. The first-order chi connectivity index (χ1) is 8.91. The topological polar surface area (TPSA) is 29.1 Å². The third-order valence-electron chi connectivity index (χ3n) is 2.88. The van der Waals surface area contributed by atoms with Gasteiger partial charge in [-0.15, -0.1) is 11.3 Å². The molecule has 1 N–H and O–H groups in total. The van der Waals surface area contributed by atoms with Crippen LogP contribution in [-0.2, 0) is 0 Å². The van der Waals surface area contributed by atoms with Crippen molar-refractivity contribution >= 4 is 43.3 Å². The van der Waals surface area contributed by atoms with Gasteiger partial charge in [-0.05, 0) is 43.9 Å². The molecule has 1 aromatic carbocycles. The third-order valence-corrected chi connectivity index (χ3v) is 4.37. The second-order valence-corrected chi connectivity index (χ2v) is 6.95. The van der Waals surface area contributed by atoms with Gasteiger partial charge in [0, 0.05) is 15.6 Å². The minimum Gasteiger partial charge on any atom is -0.346 e. The minimum atomic E-state index is -0.277. The predicted molar refractivity (Wildman–Crippen MR) is 81.7 cm³/mol. The lowest BCUT2D eigenvalue weighted by Gasteiger charge is -2.24. The smallest absolute Gasteiger partial charge is 0.261 e. The standard InChI is InChI=1S/C14H15BrFNOS/c1-14(2,5-6-15)17-13(18)12-7-9-3-4-10(16)8-11(9)19-12/h3-4,7-8H,5-6H2,1-2H3,(H,17,18). The highest BCUT2D eigenvalue weighted by atomic mass is 79.9. The summed E-state index contributed by atoms with van der Waals surface area (Å²) < 4.78 is 13.9. The summed E-state index contributed by atoms with van der Waals surface area (Å²) in [6.45, 7) is 3.97. The molecule has 5 heteroatoms. The van der Waals surface area contributed by atoms with Gasteiger partial charge >= 0.3 is 0 Å². The average molecular weight is 344 g/mol. The lowest BCUT2D eigenvalue weighted by molar-refractivity contribution is 0.0916. The minimum absolute atomic E-state index is 0.104. The first kappa shape index (κ1) is 14.5. The molecule has 2 rings (SSSR count). The van der Waals surface area contributed by atoms with Crippen LogP contribution in [-0.4, -0.2) is 16.8 Å². The van der Waals surface area contributed by atoms with Crippen LogP contribution in [0.2, 0.25) is 0 Å². The van der Waals surface area contributed by atoms with Crippen LogP contribution in [0.5, 0.6) is 0 Å². The highest BCUT2D eigenvalue weighted by molar-refractivity contribution is 9.09. The molecule has 0 spiro atoms. The van der Waals surface area contributed by atoms with Crippen LogP contribution in [0, 0.1) is 5.82 Å². The maximum atomic E-state index is 13.1. The van der Waals surface area contributed by atoms with Crippen molar-refractivity contribution in [1.29, 1.82) is 0 Å². The van der Waals surface area contributed by atoms with Crippen LogP contribution < -0.4 is 5.32 Å². The monoisotopic (exact) mass is 343 g/mol. The van der Waals surface area contributed by atoms with Crippen molar-refractivity contribution in [2.75, 3.05) is 5.33 Å². The Balaban J connectivity index is 2.22. The summed E-state index contributed by atoms with van der Waals surface area (Å²) in [7, 11) is 0. The van der Waals surface area contributed by atoms with Crippen LogP contribution in [0.25, 0.3) is 10.1 Å². The van der Waals surface area contributed by atoms with Crippen LogP contribution in [0.3, 0.4) is 0 Å². The van der Waals surface area contributed by atoms with Gasteiger partial charge in [0.25, 0.3) is 5.91 Å². The molecule has 0 unspecified atom stereocenters. The lowest BCUT2D eigenvalue weighted by atomic mass is 10.0. The molecule has 0 aliphatic heterocycles. The summed E-state index contributed by atoms with van der Waals surface area (Å²) in [5.74, 6) is -0.381. The van der Waals surface area contributed by atoms with Crippen molar-refractivity contribution in [3.63, 3.8) is 0 Å². The van der Waals surface area contributed by atoms with Crippen molar-refractivity contribution in [3.05, 3.63) is 35.0 Å². The quantitative estimate of drug-likeness (QED) is 0.822. The van der Waals surface area contributed by atoms with E-state index in [2.05, 4.69) is 21.2 Å². The Hall–Kier alpha value is -0.940. The lowest BCUT2D eigenvalue weighted by Crippen LogP contribution is -2.43. The zero-order valence-corrected chi connectivity index (χ0v) is 13.2. The molecular formula is C14H15BrFNOS. The molecule has 1 heterocycles. The zero-order chi connectivity index (χ0) is 14.0. The van der Waals surface area contributed by atoms with Gasteiger partial charge in [-0.2, -0.15) is 0 Å². The molecule has 2 aromatic rings. The Morgan fingerprint density at radius 1 is 1.42 bits per heavy atom. The molecule has 102 valence electrons. The van der Waals surface area contributed by atoms with E-state index in [9.17, 15) is 9.18 Å². The number of carbonyl (C=O) groups excluding carboxylic acids is 1. The Kier molecular flexibility index (Phi) is 4.26. The van der Waals surface area contributed by atoms with Crippen LogP contribution in [0.15, 0.2) is 24.3 Å².